The second kappa shape index (κ2) is 9.97. The van der Waals surface area contributed by atoms with Crippen molar-refractivity contribution in [3.63, 3.8) is 0 Å². The van der Waals surface area contributed by atoms with Crippen LogP contribution in [0.25, 0.3) is 0 Å². The number of ether oxygens (including phenoxy) is 1. The number of halogens is 5. The van der Waals surface area contributed by atoms with Crippen molar-refractivity contribution in [3.05, 3.63) is 65.2 Å². The van der Waals surface area contributed by atoms with E-state index in [1.807, 2.05) is 0 Å². The molecule has 2 aromatic carbocycles. The number of alkyl halides is 3. The first-order chi connectivity index (χ1) is 15.2. The van der Waals surface area contributed by atoms with E-state index in [0.717, 1.165) is 18.2 Å². The third kappa shape index (κ3) is 5.74. The van der Waals surface area contributed by atoms with Crippen LogP contribution in [0.15, 0.2) is 42.5 Å². The van der Waals surface area contributed by atoms with E-state index in [9.17, 15) is 31.5 Å². The van der Waals surface area contributed by atoms with Crippen molar-refractivity contribution in [1.82, 2.24) is 9.80 Å². The van der Waals surface area contributed by atoms with Gasteiger partial charge in [0.2, 0.25) is 5.91 Å². The zero-order valence-electron chi connectivity index (χ0n) is 17.0. The SMILES string of the molecule is O=C(CCCOc1ccc(F)cc1F)N1CCN(C(=O)c2ccccc2C(F)(F)F)CC1. The average Bonchev–Trinajstić information content (AvgIpc) is 2.77. The molecular formula is C22H21F5N2O3. The molecular weight excluding hydrogens is 435 g/mol. The molecule has 0 saturated carbocycles. The number of hydrogen-bond donors (Lipinski definition) is 0. The van der Waals surface area contributed by atoms with Gasteiger partial charge in [0, 0.05) is 38.7 Å². The fourth-order valence-corrected chi connectivity index (χ4v) is 3.40. The summed E-state index contributed by atoms with van der Waals surface area (Å²) >= 11 is 0. The molecule has 0 spiro atoms. The monoisotopic (exact) mass is 456 g/mol. The Morgan fingerprint density at radius 1 is 0.938 bits per heavy atom. The van der Waals surface area contributed by atoms with Crippen LogP contribution in [0.2, 0.25) is 0 Å². The summed E-state index contributed by atoms with van der Waals surface area (Å²) in [5.74, 6) is -2.57. The van der Waals surface area contributed by atoms with Crippen LogP contribution in [-0.2, 0) is 11.0 Å². The average molecular weight is 456 g/mol. The number of benzene rings is 2. The number of nitrogens with zero attached hydrogens (tertiary/aromatic N) is 2. The molecule has 1 aliphatic heterocycles. The summed E-state index contributed by atoms with van der Waals surface area (Å²) in [7, 11) is 0. The van der Waals surface area contributed by atoms with Crippen molar-refractivity contribution in [1.29, 1.82) is 0 Å². The lowest BCUT2D eigenvalue weighted by Gasteiger charge is -2.35. The maximum Gasteiger partial charge on any atom is 0.417 e. The van der Waals surface area contributed by atoms with Gasteiger partial charge in [-0.25, -0.2) is 8.78 Å². The van der Waals surface area contributed by atoms with Gasteiger partial charge in [0.25, 0.3) is 5.91 Å². The Hall–Kier alpha value is -3.17. The molecule has 1 heterocycles. The van der Waals surface area contributed by atoms with Crippen molar-refractivity contribution in [3.8, 4) is 5.75 Å². The minimum Gasteiger partial charge on any atom is -0.491 e. The van der Waals surface area contributed by atoms with E-state index in [4.69, 9.17) is 4.74 Å². The quantitative estimate of drug-likeness (QED) is 0.485. The molecule has 10 heteroatoms. The van der Waals surface area contributed by atoms with E-state index in [1.165, 1.54) is 28.0 Å². The van der Waals surface area contributed by atoms with E-state index in [0.29, 0.717) is 12.5 Å². The van der Waals surface area contributed by atoms with Crippen LogP contribution in [0, 0.1) is 11.6 Å². The lowest BCUT2D eigenvalue weighted by atomic mass is 10.1. The zero-order chi connectivity index (χ0) is 23.3. The van der Waals surface area contributed by atoms with Crippen LogP contribution in [0.3, 0.4) is 0 Å². The Balaban J connectivity index is 1.46. The summed E-state index contributed by atoms with van der Waals surface area (Å²) in [6, 6.07) is 7.55. The minimum absolute atomic E-state index is 0.0565. The van der Waals surface area contributed by atoms with E-state index >= 15 is 0 Å². The van der Waals surface area contributed by atoms with Gasteiger partial charge in [-0.15, -0.1) is 0 Å². The molecule has 3 rings (SSSR count). The molecule has 5 nitrogen and oxygen atoms in total. The summed E-state index contributed by atoms with van der Waals surface area (Å²) in [6.45, 7) is 0.696. The van der Waals surface area contributed by atoms with E-state index < -0.39 is 34.8 Å². The molecule has 0 aromatic heterocycles. The molecule has 0 N–H and O–H groups in total. The zero-order valence-corrected chi connectivity index (χ0v) is 17.0. The highest BCUT2D eigenvalue weighted by Gasteiger charge is 2.36. The molecule has 0 radical (unpaired) electrons. The third-order valence-electron chi connectivity index (χ3n) is 5.07. The van der Waals surface area contributed by atoms with Crippen molar-refractivity contribution in [2.75, 3.05) is 32.8 Å². The fourth-order valence-electron chi connectivity index (χ4n) is 3.40. The predicted octanol–water partition coefficient (Wildman–Crippen LogP) is 4.13. The number of amides is 2. The highest BCUT2D eigenvalue weighted by molar-refractivity contribution is 5.96. The molecule has 2 amide bonds. The number of hydrogen-bond acceptors (Lipinski definition) is 3. The molecule has 0 bridgehead atoms. The van der Waals surface area contributed by atoms with Gasteiger partial charge in [-0.1, -0.05) is 12.1 Å². The predicted molar refractivity (Wildman–Crippen MR) is 105 cm³/mol. The van der Waals surface area contributed by atoms with Gasteiger partial charge >= 0.3 is 6.18 Å². The van der Waals surface area contributed by atoms with Gasteiger partial charge in [0.05, 0.1) is 17.7 Å². The molecule has 0 aliphatic carbocycles. The Morgan fingerprint density at radius 2 is 1.59 bits per heavy atom. The largest absolute Gasteiger partial charge is 0.491 e. The van der Waals surface area contributed by atoms with Gasteiger partial charge in [-0.05, 0) is 30.7 Å². The summed E-state index contributed by atoms with van der Waals surface area (Å²) in [4.78, 5) is 27.8. The second-order valence-corrected chi connectivity index (χ2v) is 7.24. The van der Waals surface area contributed by atoms with Gasteiger partial charge in [-0.2, -0.15) is 13.2 Å². The van der Waals surface area contributed by atoms with Gasteiger partial charge in [0.15, 0.2) is 11.6 Å². The second-order valence-electron chi connectivity index (χ2n) is 7.24. The van der Waals surface area contributed by atoms with Crippen LogP contribution < -0.4 is 4.74 Å². The highest BCUT2D eigenvalue weighted by atomic mass is 19.4. The molecule has 172 valence electrons. The van der Waals surface area contributed by atoms with Crippen molar-refractivity contribution >= 4 is 11.8 Å². The normalized spacial score (nSPS) is 14.4. The molecule has 0 atom stereocenters. The maximum atomic E-state index is 13.5. The van der Waals surface area contributed by atoms with Crippen molar-refractivity contribution in [2.45, 2.75) is 19.0 Å². The van der Waals surface area contributed by atoms with Crippen LogP contribution in [0.5, 0.6) is 5.75 Å². The van der Waals surface area contributed by atoms with Gasteiger partial charge in [0.1, 0.15) is 5.82 Å². The fraction of sp³-hybridized carbons (Fsp3) is 0.364. The van der Waals surface area contributed by atoms with E-state index in [1.54, 1.807) is 0 Å². The Morgan fingerprint density at radius 3 is 2.25 bits per heavy atom. The number of piperazine rings is 1. The summed E-state index contributed by atoms with van der Waals surface area (Å²) in [6.07, 6.45) is -4.22. The van der Waals surface area contributed by atoms with E-state index in [-0.39, 0.29) is 50.9 Å². The highest BCUT2D eigenvalue weighted by Crippen LogP contribution is 2.32. The topological polar surface area (TPSA) is 49.9 Å². The summed E-state index contributed by atoms with van der Waals surface area (Å²) in [5, 5.41) is 0. The standard InChI is InChI=1S/C22H21F5N2O3/c23-15-7-8-19(18(24)14-15)32-13-3-6-20(30)28-9-11-29(12-10-28)21(31)16-4-1-2-5-17(16)22(25,26)27/h1-2,4-5,7-8,14H,3,6,9-13H2. The molecule has 2 aromatic rings. The lowest BCUT2D eigenvalue weighted by Crippen LogP contribution is -2.50. The van der Waals surface area contributed by atoms with Crippen molar-refractivity contribution in [2.24, 2.45) is 0 Å². The van der Waals surface area contributed by atoms with E-state index in [2.05, 4.69) is 0 Å². The molecule has 0 unspecified atom stereocenters. The molecule has 1 aliphatic rings. The van der Waals surface area contributed by atoms with Crippen molar-refractivity contribution < 1.29 is 36.3 Å². The molecule has 32 heavy (non-hydrogen) atoms. The summed E-state index contributed by atoms with van der Waals surface area (Å²) < 4.78 is 71.1. The van der Waals surface area contributed by atoms with Gasteiger partial charge in [-0.3, -0.25) is 9.59 Å². The maximum absolute atomic E-state index is 13.5. The third-order valence-corrected chi connectivity index (χ3v) is 5.07. The Kier molecular flexibility index (Phi) is 7.32. The van der Waals surface area contributed by atoms with Crippen LogP contribution >= 0.6 is 0 Å². The number of carbonyl (C=O) groups is 2. The number of carbonyl (C=O) groups excluding carboxylic acids is 2. The minimum atomic E-state index is -4.64. The molecule has 1 fully saturated rings. The van der Waals surface area contributed by atoms with Crippen LogP contribution in [-0.4, -0.2) is 54.4 Å². The van der Waals surface area contributed by atoms with Crippen LogP contribution in [0.4, 0.5) is 22.0 Å². The Bertz CT molecular complexity index is 972. The first kappa shape index (κ1) is 23.5. The smallest absolute Gasteiger partial charge is 0.417 e. The molecule has 1 saturated heterocycles. The summed E-state index contributed by atoms with van der Waals surface area (Å²) in [5.41, 5.74) is -1.40. The lowest BCUT2D eigenvalue weighted by molar-refractivity contribution is -0.138. The van der Waals surface area contributed by atoms with Gasteiger partial charge < -0.3 is 14.5 Å². The van der Waals surface area contributed by atoms with Crippen LogP contribution in [0.1, 0.15) is 28.8 Å². The first-order valence-electron chi connectivity index (χ1n) is 9.98. The first-order valence-corrected chi connectivity index (χ1v) is 9.98. The number of rotatable bonds is 6. The Labute approximate surface area is 181 Å².